The molecule has 0 aliphatic carbocycles. The van der Waals surface area contributed by atoms with Gasteiger partial charge >= 0.3 is 0 Å². The zero-order valence-electron chi connectivity index (χ0n) is 17.0. The Morgan fingerprint density at radius 3 is 2.57 bits per heavy atom. The molecule has 30 heavy (non-hydrogen) atoms. The van der Waals surface area contributed by atoms with E-state index < -0.39 is 9.84 Å². The van der Waals surface area contributed by atoms with E-state index in [2.05, 4.69) is 23.3 Å². The number of nitrogens with zero attached hydrogens (tertiary/aromatic N) is 2. The number of hydrogen-bond donors (Lipinski definition) is 1. The zero-order valence-corrected chi connectivity index (χ0v) is 18.6. The summed E-state index contributed by atoms with van der Waals surface area (Å²) in [6, 6.07) is 18.2. The van der Waals surface area contributed by atoms with Gasteiger partial charge in [-0.05, 0) is 42.6 Å². The first-order valence-corrected chi connectivity index (χ1v) is 11.3. The smallest absolute Gasteiger partial charge is 0.181 e. The van der Waals surface area contributed by atoms with Crippen LogP contribution in [0, 0.1) is 0 Å². The minimum Gasteiger partial charge on any atom is -0.494 e. The first-order chi connectivity index (χ1) is 14.0. The van der Waals surface area contributed by atoms with E-state index in [-0.39, 0.29) is 29.0 Å². The van der Waals surface area contributed by atoms with Gasteiger partial charge in [0.2, 0.25) is 0 Å². The van der Waals surface area contributed by atoms with Crippen LogP contribution in [0.3, 0.4) is 0 Å². The number of sulfone groups is 1. The summed E-state index contributed by atoms with van der Waals surface area (Å²) in [7, 11) is -1.64. The van der Waals surface area contributed by atoms with E-state index in [0.29, 0.717) is 19.6 Å². The summed E-state index contributed by atoms with van der Waals surface area (Å²) in [4.78, 5) is 0.244. The third kappa shape index (κ3) is 6.58. The highest BCUT2D eigenvalue weighted by atomic mass is 35.5. The van der Waals surface area contributed by atoms with E-state index in [1.807, 2.05) is 36.4 Å². The van der Waals surface area contributed by atoms with Crippen molar-refractivity contribution in [1.29, 1.82) is 0 Å². The number of ether oxygens (including phenoxy) is 1. The van der Waals surface area contributed by atoms with Gasteiger partial charge in [0.1, 0.15) is 10.6 Å². The van der Waals surface area contributed by atoms with Crippen molar-refractivity contribution in [3.63, 3.8) is 0 Å². The Bertz CT molecular complexity index is 1020. The van der Waals surface area contributed by atoms with Crippen LogP contribution >= 0.6 is 12.4 Å². The number of hydrogen-bond acceptors (Lipinski definition) is 5. The SMILES string of the molecule is Cl.Cn1cc(S(=O)(=O)CCCOc2cccc(C(CN)Cc3ccccc3)c2)cn1. The predicted molar refractivity (Wildman–Crippen MR) is 121 cm³/mol. The highest BCUT2D eigenvalue weighted by molar-refractivity contribution is 7.91. The van der Waals surface area contributed by atoms with Crippen molar-refractivity contribution in [3.05, 3.63) is 78.1 Å². The summed E-state index contributed by atoms with van der Waals surface area (Å²) in [5.74, 6) is 0.956. The molecule has 1 aromatic heterocycles. The Kier molecular flexibility index (Phi) is 8.89. The lowest BCUT2D eigenvalue weighted by atomic mass is 9.92. The quantitative estimate of drug-likeness (QED) is 0.479. The Morgan fingerprint density at radius 1 is 1.13 bits per heavy atom. The van der Waals surface area contributed by atoms with Gasteiger partial charge in [-0.2, -0.15) is 5.10 Å². The number of aryl methyl sites for hydroxylation is 1. The maximum atomic E-state index is 12.3. The van der Waals surface area contributed by atoms with Crippen molar-refractivity contribution in [1.82, 2.24) is 9.78 Å². The van der Waals surface area contributed by atoms with Crippen LogP contribution in [0.4, 0.5) is 0 Å². The van der Waals surface area contributed by atoms with Crippen LogP contribution < -0.4 is 10.5 Å². The second-order valence-electron chi connectivity index (χ2n) is 7.07. The molecule has 0 fully saturated rings. The molecule has 0 saturated heterocycles. The lowest BCUT2D eigenvalue weighted by Crippen LogP contribution is -2.15. The molecular weight excluding hydrogens is 422 g/mol. The molecule has 2 aromatic carbocycles. The van der Waals surface area contributed by atoms with Crippen molar-refractivity contribution in [3.8, 4) is 5.75 Å². The average molecular weight is 450 g/mol. The van der Waals surface area contributed by atoms with Crippen LogP contribution in [-0.4, -0.2) is 37.1 Å². The molecule has 0 aliphatic rings. The summed E-state index contributed by atoms with van der Waals surface area (Å²) in [6.45, 7) is 0.872. The molecule has 1 heterocycles. The molecule has 0 radical (unpaired) electrons. The maximum Gasteiger partial charge on any atom is 0.181 e. The summed E-state index contributed by atoms with van der Waals surface area (Å²) >= 11 is 0. The highest BCUT2D eigenvalue weighted by Gasteiger charge is 2.16. The van der Waals surface area contributed by atoms with E-state index in [9.17, 15) is 8.42 Å². The van der Waals surface area contributed by atoms with Gasteiger partial charge in [0.15, 0.2) is 9.84 Å². The molecule has 0 bridgehead atoms. The van der Waals surface area contributed by atoms with E-state index in [1.165, 1.54) is 22.6 Å². The molecule has 6 nitrogen and oxygen atoms in total. The second-order valence-corrected chi connectivity index (χ2v) is 9.17. The summed E-state index contributed by atoms with van der Waals surface area (Å²) < 4.78 is 31.9. The van der Waals surface area contributed by atoms with Gasteiger partial charge < -0.3 is 10.5 Å². The Labute approximate surface area is 184 Å². The van der Waals surface area contributed by atoms with Gasteiger partial charge in [0, 0.05) is 19.2 Å². The van der Waals surface area contributed by atoms with E-state index in [4.69, 9.17) is 10.5 Å². The van der Waals surface area contributed by atoms with Crippen molar-refractivity contribution in [2.75, 3.05) is 18.9 Å². The molecule has 3 aromatic rings. The van der Waals surface area contributed by atoms with E-state index in [0.717, 1.165) is 17.7 Å². The van der Waals surface area contributed by atoms with Crippen LogP contribution in [0.2, 0.25) is 0 Å². The van der Waals surface area contributed by atoms with Gasteiger partial charge in [0.25, 0.3) is 0 Å². The third-order valence-electron chi connectivity index (χ3n) is 4.81. The Hall–Kier alpha value is -2.35. The third-order valence-corrected chi connectivity index (χ3v) is 6.56. The van der Waals surface area contributed by atoms with Gasteiger partial charge in [-0.15, -0.1) is 12.4 Å². The monoisotopic (exact) mass is 449 g/mol. The largest absolute Gasteiger partial charge is 0.494 e. The predicted octanol–water partition coefficient (Wildman–Crippen LogP) is 3.37. The molecule has 0 aliphatic heterocycles. The molecular formula is C22H28ClN3O3S. The van der Waals surface area contributed by atoms with Crippen molar-refractivity contribution in [2.45, 2.75) is 23.7 Å². The maximum absolute atomic E-state index is 12.3. The fourth-order valence-corrected chi connectivity index (χ4v) is 4.46. The number of benzene rings is 2. The summed E-state index contributed by atoms with van der Waals surface area (Å²) in [6.07, 6.45) is 4.16. The summed E-state index contributed by atoms with van der Waals surface area (Å²) in [5, 5.41) is 3.92. The van der Waals surface area contributed by atoms with E-state index >= 15 is 0 Å². The lowest BCUT2D eigenvalue weighted by Gasteiger charge is -2.17. The number of nitrogens with two attached hydrogens (primary N) is 1. The van der Waals surface area contributed by atoms with Gasteiger partial charge in [-0.25, -0.2) is 8.42 Å². The normalized spacial score (nSPS) is 12.2. The first kappa shape index (κ1) is 23.9. The lowest BCUT2D eigenvalue weighted by molar-refractivity contribution is 0.317. The number of aromatic nitrogens is 2. The molecule has 0 saturated carbocycles. The Morgan fingerprint density at radius 2 is 1.90 bits per heavy atom. The number of rotatable bonds is 10. The molecule has 0 amide bonds. The topological polar surface area (TPSA) is 87.2 Å². The van der Waals surface area contributed by atoms with E-state index in [1.54, 1.807) is 7.05 Å². The first-order valence-electron chi connectivity index (χ1n) is 9.66. The standard InChI is InChI=1S/C22H27N3O3S.ClH/c1-25-17-22(16-24-25)29(26,27)12-6-11-28-21-10-5-9-19(14-21)20(15-23)13-18-7-3-2-4-8-18;/h2-5,7-10,14,16-17,20H,6,11-13,15,23H2,1H3;1H. The minimum atomic E-state index is -3.33. The van der Waals surface area contributed by atoms with Crippen LogP contribution in [0.1, 0.15) is 23.5 Å². The van der Waals surface area contributed by atoms with Crippen LogP contribution in [0.25, 0.3) is 0 Å². The van der Waals surface area contributed by atoms with Gasteiger partial charge in [0.05, 0.1) is 18.6 Å². The minimum absolute atomic E-state index is 0. The van der Waals surface area contributed by atoms with Gasteiger partial charge in [-0.1, -0.05) is 42.5 Å². The zero-order chi connectivity index (χ0) is 20.7. The molecule has 0 spiro atoms. The second kappa shape index (κ2) is 11.2. The molecule has 162 valence electrons. The fraction of sp³-hybridized carbons (Fsp3) is 0.318. The molecule has 1 atom stereocenters. The Balaban J connectivity index is 0.00000320. The van der Waals surface area contributed by atoms with Crippen molar-refractivity contribution in [2.24, 2.45) is 12.8 Å². The van der Waals surface area contributed by atoms with Crippen molar-refractivity contribution < 1.29 is 13.2 Å². The molecule has 8 heteroatoms. The summed E-state index contributed by atoms with van der Waals surface area (Å²) in [5.41, 5.74) is 8.38. The van der Waals surface area contributed by atoms with Crippen LogP contribution in [0.15, 0.2) is 71.9 Å². The molecule has 3 rings (SSSR count). The van der Waals surface area contributed by atoms with Crippen molar-refractivity contribution >= 4 is 22.2 Å². The van der Waals surface area contributed by atoms with Gasteiger partial charge in [-0.3, -0.25) is 4.68 Å². The highest BCUT2D eigenvalue weighted by Crippen LogP contribution is 2.24. The fourth-order valence-electron chi connectivity index (χ4n) is 3.21. The van der Waals surface area contributed by atoms with Crippen LogP contribution in [0.5, 0.6) is 5.75 Å². The van der Waals surface area contributed by atoms with Crippen LogP contribution in [-0.2, 0) is 23.3 Å². The number of halogens is 1. The molecule has 2 N–H and O–H groups in total. The average Bonchev–Trinajstić information content (AvgIpc) is 3.18. The molecule has 1 unspecified atom stereocenters.